The minimum atomic E-state index is -3.60. The molecule has 3 nitrogen and oxygen atoms in total. The van der Waals surface area contributed by atoms with E-state index in [0.29, 0.717) is 3.57 Å². The standard InChI is InChI=1S/C16H14INO2S/c1-13-8-9-16(15(17)12-13)21(19,20)18(2)11-10-14-6-4-3-5-7-14/h3-9,12H,1-2H3. The van der Waals surface area contributed by atoms with Crippen molar-refractivity contribution >= 4 is 32.6 Å². The molecule has 0 N–H and O–H groups in total. The molecule has 0 bridgehead atoms. The molecule has 108 valence electrons. The fraction of sp³-hybridized carbons (Fsp3) is 0.125. The fourth-order valence-corrected chi connectivity index (χ4v) is 4.20. The molecule has 21 heavy (non-hydrogen) atoms. The molecule has 0 amide bonds. The average molecular weight is 411 g/mol. The molecule has 0 saturated heterocycles. The van der Waals surface area contributed by atoms with Crippen LogP contribution in [0.2, 0.25) is 0 Å². The lowest BCUT2D eigenvalue weighted by atomic mass is 10.2. The molecule has 2 aromatic rings. The van der Waals surface area contributed by atoms with Gasteiger partial charge in [0.05, 0.1) is 0 Å². The zero-order chi connectivity index (χ0) is 15.5. The summed E-state index contributed by atoms with van der Waals surface area (Å²) in [6.07, 6.45) is 0. The lowest BCUT2D eigenvalue weighted by Gasteiger charge is -2.13. The number of rotatable bonds is 2. The van der Waals surface area contributed by atoms with Gasteiger partial charge >= 0.3 is 0 Å². The topological polar surface area (TPSA) is 37.4 Å². The van der Waals surface area contributed by atoms with E-state index in [0.717, 1.165) is 15.4 Å². The summed E-state index contributed by atoms with van der Waals surface area (Å²) >= 11 is 2.03. The maximum Gasteiger partial charge on any atom is 0.271 e. The molecule has 2 aromatic carbocycles. The highest BCUT2D eigenvalue weighted by Gasteiger charge is 2.21. The van der Waals surface area contributed by atoms with Crippen LogP contribution in [0.3, 0.4) is 0 Å². The summed E-state index contributed by atoms with van der Waals surface area (Å²) in [7, 11) is -2.14. The van der Waals surface area contributed by atoms with Crippen LogP contribution in [0.25, 0.3) is 0 Å². The first kappa shape index (κ1) is 15.9. The molecule has 0 unspecified atom stereocenters. The van der Waals surface area contributed by atoms with E-state index in [1.165, 1.54) is 7.05 Å². The minimum Gasteiger partial charge on any atom is -0.227 e. The predicted molar refractivity (Wildman–Crippen MR) is 92.2 cm³/mol. The third-order valence-electron chi connectivity index (χ3n) is 2.86. The van der Waals surface area contributed by atoms with Crippen molar-refractivity contribution < 1.29 is 8.42 Å². The Balaban J connectivity index is 2.34. The van der Waals surface area contributed by atoms with E-state index in [1.807, 2.05) is 65.9 Å². The number of aryl methyl sites for hydroxylation is 1. The molecule has 0 saturated carbocycles. The Morgan fingerprint density at radius 2 is 1.76 bits per heavy atom. The molecule has 0 fully saturated rings. The second-order valence-electron chi connectivity index (χ2n) is 4.51. The smallest absolute Gasteiger partial charge is 0.227 e. The number of nitrogens with zero attached hydrogens (tertiary/aromatic N) is 1. The maximum absolute atomic E-state index is 12.5. The highest BCUT2D eigenvalue weighted by atomic mass is 127. The lowest BCUT2D eigenvalue weighted by Crippen LogP contribution is -2.23. The van der Waals surface area contributed by atoms with Gasteiger partial charge in [-0.2, -0.15) is 0 Å². The van der Waals surface area contributed by atoms with E-state index >= 15 is 0 Å². The summed E-state index contributed by atoms with van der Waals surface area (Å²) in [6.45, 7) is 1.93. The second-order valence-corrected chi connectivity index (χ2v) is 7.61. The summed E-state index contributed by atoms with van der Waals surface area (Å²) in [4.78, 5) is 0.276. The van der Waals surface area contributed by atoms with Crippen molar-refractivity contribution in [3.63, 3.8) is 0 Å². The first-order chi connectivity index (χ1) is 9.91. The molecular weight excluding hydrogens is 397 g/mol. The summed E-state index contributed by atoms with van der Waals surface area (Å²) in [5, 5.41) is 0. The molecule has 0 spiro atoms. The first-order valence-corrected chi connectivity index (χ1v) is 8.75. The SMILES string of the molecule is Cc1ccc(S(=O)(=O)N(C)C#Cc2ccccc2)c(I)c1. The van der Waals surface area contributed by atoms with Crippen molar-refractivity contribution in [1.82, 2.24) is 4.31 Å². The van der Waals surface area contributed by atoms with Crippen LogP contribution in [0.15, 0.2) is 53.4 Å². The number of hydrogen-bond donors (Lipinski definition) is 0. The molecule has 0 aliphatic heterocycles. The zero-order valence-corrected chi connectivity index (χ0v) is 14.6. The molecule has 0 aliphatic rings. The Morgan fingerprint density at radius 1 is 1.10 bits per heavy atom. The third-order valence-corrected chi connectivity index (χ3v) is 5.84. The average Bonchev–Trinajstić information content (AvgIpc) is 2.45. The van der Waals surface area contributed by atoms with Crippen LogP contribution in [0.1, 0.15) is 11.1 Å². The van der Waals surface area contributed by atoms with Crippen LogP contribution in [-0.4, -0.2) is 19.8 Å². The number of sulfonamides is 1. The summed E-state index contributed by atoms with van der Waals surface area (Å²) in [5.41, 5.74) is 1.80. The highest BCUT2D eigenvalue weighted by molar-refractivity contribution is 14.1. The Bertz CT molecular complexity index is 805. The van der Waals surface area contributed by atoms with Crippen molar-refractivity contribution in [3.8, 4) is 12.0 Å². The quantitative estimate of drug-likeness (QED) is 0.433. The van der Waals surface area contributed by atoms with Crippen molar-refractivity contribution in [2.75, 3.05) is 7.05 Å². The van der Waals surface area contributed by atoms with Gasteiger partial charge in [0, 0.05) is 22.2 Å². The Labute approximate surface area is 139 Å². The van der Waals surface area contributed by atoms with Gasteiger partial charge in [0.15, 0.2) is 0 Å². The van der Waals surface area contributed by atoms with E-state index in [1.54, 1.807) is 12.1 Å². The molecule has 0 aromatic heterocycles. The van der Waals surface area contributed by atoms with Crippen molar-refractivity contribution in [2.24, 2.45) is 0 Å². The monoisotopic (exact) mass is 411 g/mol. The molecule has 0 aliphatic carbocycles. The van der Waals surface area contributed by atoms with E-state index in [4.69, 9.17) is 0 Å². The van der Waals surface area contributed by atoms with Crippen LogP contribution in [0, 0.1) is 22.5 Å². The van der Waals surface area contributed by atoms with E-state index < -0.39 is 10.0 Å². The molecule has 2 rings (SSSR count). The predicted octanol–water partition coefficient (Wildman–Crippen LogP) is 3.23. The van der Waals surface area contributed by atoms with E-state index in [-0.39, 0.29) is 4.90 Å². The largest absolute Gasteiger partial charge is 0.271 e. The molecule has 0 radical (unpaired) electrons. The Kier molecular flexibility index (Phi) is 4.91. The van der Waals surface area contributed by atoms with Crippen LogP contribution in [0.5, 0.6) is 0 Å². The van der Waals surface area contributed by atoms with Gasteiger partial charge in [-0.15, -0.1) is 0 Å². The normalized spacial score (nSPS) is 10.6. The summed E-state index contributed by atoms with van der Waals surface area (Å²) < 4.78 is 26.8. The zero-order valence-electron chi connectivity index (χ0n) is 11.7. The molecule has 5 heteroatoms. The minimum absolute atomic E-state index is 0.276. The molecule has 0 atom stereocenters. The third kappa shape index (κ3) is 3.77. The van der Waals surface area contributed by atoms with Crippen molar-refractivity contribution in [3.05, 3.63) is 63.2 Å². The van der Waals surface area contributed by atoms with Crippen LogP contribution in [0.4, 0.5) is 0 Å². The van der Waals surface area contributed by atoms with Gasteiger partial charge in [-0.05, 0) is 65.3 Å². The van der Waals surface area contributed by atoms with E-state index in [2.05, 4.69) is 12.0 Å². The molecular formula is C16H14INO2S. The number of halogens is 1. The van der Waals surface area contributed by atoms with Crippen molar-refractivity contribution in [2.45, 2.75) is 11.8 Å². The summed E-state index contributed by atoms with van der Waals surface area (Å²) in [5.74, 6) is 2.85. The van der Waals surface area contributed by atoms with Gasteiger partial charge in [0.25, 0.3) is 10.0 Å². The fourth-order valence-electron chi connectivity index (χ4n) is 1.69. The van der Waals surface area contributed by atoms with Gasteiger partial charge < -0.3 is 0 Å². The van der Waals surface area contributed by atoms with Gasteiger partial charge in [-0.1, -0.05) is 24.3 Å². The molecule has 0 heterocycles. The Morgan fingerprint density at radius 3 is 2.38 bits per heavy atom. The van der Waals surface area contributed by atoms with Crippen molar-refractivity contribution in [1.29, 1.82) is 0 Å². The van der Waals surface area contributed by atoms with Gasteiger partial charge in [-0.3, -0.25) is 0 Å². The first-order valence-electron chi connectivity index (χ1n) is 6.23. The number of benzene rings is 2. The highest BCUT2D eigenvalue weighted by Crippen LogP contribution is 2.21. The van der Waals surface area contributed by atoms with Crippen LogP contribution < -0.4 is 0 Å². The van der Waals surface area contributed by atoms with Gasteiger partial charge in [-0.25, -0.2) is 12.7 Å². The summed E-state index contributed by atoms with van der Waals surface area (Å²) in [6, 6.07) is 17.2. The van der Waals surface area contributed by atoms with Crippen LogP contribution in [-0.2, 0) is 10.0 Å². The second kappa shape index (κ2) is 6.50. The van der Waals surface area contributed by atoms with E-state index in [9.17, 15) is 8.42 Å². The van der Waals surface area contributed by atoms with Crippen LogP contribution >= 0.6 is 22.6 Å². The number of hydrogen-bond acceptors (Lipinski definition) is 2. The Hall–Kier alpha value is -1.52. The lowest BCUT2D eigenvalue weighted by molar-refractivity contribution is 0.546. The maximum atomic E-state index is 12.5. The van der Waals surface area contributed by atoms with Gasteiger partial charge in [0.2, 0.25) is 0 Å². The van der Waals surface area contributed by atoms with Gasteiger partial charge in [0.1, 0.15) is 4.90 Å².